The van der Waals surface area contributed by atoms with E-state index in [2.05, 4.69) is 10.1 Å². The molecule has 2 heterocycles. The first-order valence-electron chi connectivity index (χ1n) is 9.43. The third-order valence-corrected chi connectivity index (χ3v) is 4.44. The second-order valence-corrected chi connectivity index (χ2v) is 7.09. The Hall–Kier alpha value is -3.65. The van der Waals surface area contributed by atoms with Crippen LogP contribution in [0.4, 0.5) is 0 Å². The maximum atomic E-state index is 12.8. The van der Waals surface area contributed by atoms with Gasteiger partial charge in [0.15, 0.2) is 0 Å². The third kappa shape index (κ3) is 4.49. The molecule has 4 rings (SSSR count). The minimum atomic E-state index is -0.761. The first kappa shape index (κ1) is 19.7. The quantitative estimate of drug-likeness (QED) is 0.502. The summed E-state index contributed by atoms with van der Waals surface area (Å²) in [6, 6.07) is 10.6. The highest BCUT2D eigenvalue weighted by Crippen LogP contribution is 2.25. The molecule has 0 spiro atoms. The van der Waals surface area contributed by atoms with Crippen molar-refractivity contribution in [3.63, 3.8) is 0 Å². The molecule has 0 bridgehead atoms. The van der Waals surface area contributed by atoms with Crippen molar-refractivity contribution in [2.75, 3.05) is 6.61 Å². The molecule has 2 aromatic heterocycles. The molecule has 1 N–H and O–H groups in total. The molecule has 8 nitrogen and oxygen atoms in total. The van der Waals surface area contributed by atoms with Crippen molar-refractivity contribution >= 4 is 11.0 Å². The summed E-state index contributed by atoms with van der Waals surface area (Å²) < 4.78 is 18.5. The Labute approximate surface area is 172 Å². The molecule has 30 heavy (non-hydrogen) atoms. The van der Waals surface area contributed by atoms with Crippen LogP contribution in [0.2, 0.25) is 0 Å². The minimum Gasteiger partial charge on any atom is -0.491 e. The largest absolute Gasteiger partial charge is 0.491 e. The zero-order chi connectivity index (χ0) is 21.1. The molecule has 0 aliphatic carbocycles. The summed E-state index contributed by atoms with van der Waals surface area (Å²) in [5.74, 6) is 1.18. The van der Waals surface area contributed by atoms with Crippen LogP contribution in [0.15, 0.2) is 64.5 Å². The average Bonchev–Trinajstić information content (AvgIpc) is 3.21. The van der Waals surface area contributed by atoms with Crippen molar-refractivity contribution in [3.8, 4) is 17.2 Å². The van der Waals surface area contributed by atoms with Crippen molar-refractivity contribution < 1.29 is 19.0 Å². The normalized spacial score (nSPS) is 12.1. The second-order valence-electron chi connectivity index (χ2n) is 7.09. The van der Waals surface area contributed by atoms with E-state index in [1.807, 2.05) is 32.0 Å². The van der Waals surface area contributed by atoms with Gasteiger partial charge in [0.25, 0.3) is 0 Å². The molecule has 0 unspecified atom stereocenters. The van der Waals surface area contributed by atoms with E-state index in [0.29, 0.717) is 22.5 Å². The van der Waals surface area contributed by atoms with E-state index in [4.69, 9.17) is 13.9 Å². The summed E-state index contributed by atoms with van der Waals surface area (Å²) in [4.78, 5) is 16.6. The maximum absolute atomic E-state index is 12.8. The van der Waals surface area contributed by atoms with E-state index in [1.54, 1.807) is 18.2 Å². The number of nitrogens with zero attached hydrogens (tertiary/aromatic N) is 3. The lowest BCUT2D eigenvalue weighted by molar-refractivity contribution is 0.0893. The maximum Gasteiger partial charge on any atom is 0.235 e. The number of aryl methyl sites for hydroxylation is 2. The highest BCUT2D eigenvalue weighted by Gasteiger charge is 2.12. The van der Waals surface area contributed by atoms with Gasteiger partial charge < -0.3 is 19.0 Å². The number of hydrogen-bond donors (Lipinski definition) is 1. The highest BCUT2D eigenvalue weighted by molar-refractivity contribution is 5.79. The van der Waals surface area contributed by atoms with Gasteiger partial charge in [-0.05, 0) is 49.2 Å². The zero-order valence-electron chi connectivity index (χ0n) is 16.6. The topological polar surface area (TPSA) is 99.6 Å². The lowest BCUT2D eigenvalue weighted by atomic mass is 10.1. The van der Waals surface area contributed by atoms with Crippen LogP contribution in [-0.4, -0.2) is 32.6 Å². The number of fused-ring (bicyclic) bond motifs is 1. The number of aromatic nitrogens is 3. The van der Waals surface area contributed by atoms with Crippen LogP contribution in [0.3, 0.4) is 0 Å². The smallest absolute Gasteiger partial charge is 0.235 e. The first-order chi connectivity index (χ1) is 14.5. The second kappa shape index (κ2) is 8.38. The predicted molar refractivity (Wildman–Crippen MR) is 110 cm³/mol. The van der Waals surface area contributed by atoms with Gasteiger partial charge in [-0.25, -0.2) is 4.98 Å². The molecule has 0 radical (unpaired) electrons. The van der Waals surface area contributed by atoms with Gasteiger partial charge in [0.2, 0.25) is 11.2 Å². The molecule has 0 saturated heterocycles. The van der Waals surface area contributed by atoms with Gasteiger partial charge in [0.05, 0.1) is 11.9 Å². The standard InChI is InChI=1S/C22H21N3O5/c1-14-5-15(2)7-18(6-14)30-21-11-29-20-8-17(3-4-19(20)22(21)27)28-10-16(26)9-25-13-23-12-24-25/h3-8,11-13,16,26H,9-10H2,1-2H3/t16-/m1/s1. The number of aliphatic hydroxyl groups excluding tert-OH is 1. The Bertz CT molecular complexity index is 1200. The van der Waals surface area contributed by atoms with Gasteiger partial charge in [-0.3, -0.25) is 9.48 Å². The molecule has 4 aromatic rings. The molecule has 2 aromatic carbocycles. The Morgan fingerprint density at radius 2 is 1.93 bits per heavy atom. The highest BCUT2D eigenvalue weighted by atomic mass is 16.5. The van der Waals surface area contributed by atoms with E-state index < -0.39 is 6.10 Å². The minimum absolute atomic E-state index is 0.0590. The molecule has 0 aliphatic heterocycles. The first-order valence-corrected chi connectivity index (χ1v) is 9.43. The summed E-state index contributed by atoms with van der Waals surface area (Å²) in [6.45, 7) is 4.26. The lowest BCUT2D eigenvalue weighted by Gasteiger charge is -2.12. The van der Waals surface area contributed by atoms with Gasteiger partial charge in [-0.2, -0.15) is 5.10 Å². The van der Waals surface area contributed by atoms with Crippen molar-refractivity contribution in [2.24, 2.45) is 0 Å². The fourth-order valence-corrected chi connectivity index (χ4v) is 3.16. The number of ether oxygens (including phenoxy) is 2. The molecular weight excluding hydrogens is 386 g/mol. The molecule has 0 fully saturated rings. The van der Waals surface area contributed by atoms with E-state index >= 15 is 0 Å². The van der Waals surface area contributed by atoms with Crippen molar-refractivity contribution in [1.29, 1.82) is 0 Å². The molecule has 1 atom stereocenters. The summed E-state index contributed by atoms with van der Waals surface area (Å²) in [7, 11) is 0. The molecule has 0 saturated carbocycles. The Morgan fingerprint density at radius 1 is 1.13 bits per heavy atom. The number of hydrogen-bond acceptors (Lipinski definition) is 7. The monoisotopic (exact) mass is 407 g/mol. The van der Waals surface area contributed by atoms with Crippen LogP contribution in [0, 0.1) is 13.8 Å². The summed E-state index contributed by atoms with van der Waals surface area (Å²) in [5.41, 5.74) is 2.19. The zero-order valence-corrected chi connectivity index (χ0v) is 16.6. The van der Waals surface area contributed by atoms with Gasteiger partial charge in [-0.1, -0.05) is 6.07 Å². The van der Waals surface area contributed by atoms with E-state index in [0.717, 1.165) is 11.1 Å². The van der Waals surface area contributed by atoms with Crippen LogP contribution in [-0.2, 0) is 6.54 Å². The fraction of sp³-hybridized carbons (Fsp3) is 0.227. The fourth-order valence-electron chi connectivity index (χ4n) is 3.16. The van der Waals surface area contributed by atoms with Crippen LogP contribution in [0.5, 0.6) is 17.2 Å². The Balaban J connectivity index is 1.48. The predicted octanol–water partition coefficient (Wildman–Crippen LogP) is 3.23. The van der Waals surface area contributed by atoms with E-state index in [1.165, 1.54) is 23.6 Å². The molecule has 154 valence electrons. The molecule has 0 amide bonds. The molecule has 0 aliphatic rings. The Kier molecular flexibility index (Phi) is 5.49. The summed E-state index contributed by atoms with van der Waals surface area (Å²) in [6.07, 6.45) is 3.46. The Morgan fingerprint density at radius 3 is 2.67 bits per heavy atom. The van der Waals surface area contributed by atoms with Crippen LogP contribution >= 0.6 is 0 Å². The SMILES string of the molecule is Cc1cc(C)cc(Oc2coc3cc(OC[C@H](O)Cn4cncn4)ccc3c2=O)c1. The summed E-state index contributed by atoms with van der Waals surface area (Å²) >= 11 is 0. The summed E-state index contributed by atoms with van der Waals surface area (Å²) in [5, 5.41) is 14.4. The van der Waals surface area contributed by atoms with Gasteiger partial charge in [-0.15, -0.1) is 0 Å². The van der Waals surface area contributed by atoms with Crippen molar-refractivity contribution in [2.45, 2.75) is 26.5 Å². The van der Waals surface area contributed by atoms with Crippen molar-refractivity contribution in [1.82, 2.24) is 14.8 Å². The molecule has 8 heteroatoms. The van der Waals surface area contributed by atoms with Crippen molar-refractivity contribution in [3.05, 3.63) is 76.7 Å². The lowest BCUT2D eigenvalue weighted by Crippen LogP contribution is -2.23. The van der Waals surface area contributed by atoms with Gasteiger partial charge in [0.1, 0.15) is 48.7 Å². The van der Waals surface area contributed by atoms with E-state index in [-0.39, 0.29) is 24.3 Å². The van der Waals surface area contributed by atoms with E-state index in [9.17, 15) is 9.90 Å². The number of benzene rings is 2. The van der Waals surface area contributed by atoms with Crippen LogP contribution < -0.4 is 14.9 Å². The van der Waals surface area contributed by atoms with Gasteiger partial charge in [0, 0.05) is 6.07 Å². The number of rotatable bonds is 7. The van der Waals surface area contributed by atoms with Gasteiger partial charge >= 0.3 is 0 Å². The van der Waals surface area contributed by atoms with Crippen LogP contribution in [0.1, 0.15) is 11.1 Å². The number of aliphatic hydroxyl groups is 1. The molecular formula is C22H21N3O5. The third-order valence-electron chi connectivity index (χ3n) is 4.44. The average molecular weight is 407 g/mol. The van der Waals surface area contributed by atoms with Crippen LogP contribution in [0.25, 0.3) is 11.0 Å².